The molecule has 1 saturated heterocycles. The Labute approximate surface area is 194 Å². The second-order valence-corrected chi connectivity index (χ2v) is 8.53. The van der Waals surface area contributed by atoms with E-state index in [1.807, 2.05) is 25.5 Å². The maximum atomic E-state index is 11.3. The van der Waals surface area contributed by atoms with Crippen molar-refractivity contribution in [1.29, 1.82) is 0 Å². The number of methoxy groups -OCH3 is 1. The van der Waals surface area contributed by atoms with E-state index in [1.165, 1.54) is 12.7 Å². The molecule has 1 fully saturated rings. The zero-order valence-electron chi connectivity index (χ0n) is 19.9. The smallest absolute Gasteiger partial charge is 0.446 e. The molecule has 9 heteroatoms. The Bertz CT molecular complexity index is 926. The lowest BCUT2D eigenvalue weighted by molar-refractivity contribution is -0.231. The second-order valence-electron chi connectivity index (χ2n) is 8.53. The van der Waals surface area contributed by atoms with Gasteiger partial charge < -0.3 is 29.2 Å². The van der Waals surface area contributed by atoms with Crippen LogP contribution in [0.1, 0.15) is 55.6 Å². The highest BCUT2D eigenvalue weighted by molar-refractivity contribution is 5.59. The number of aryl methyl sites for hydroxylation is 1. The molecule has 0 radical (unpaired) electrons. The van der Waals surface area contributed by atoms with Crippen LogP contribution in [0.5, 0.6) is 5.88 Å². The van der Waals surface area contributed by atoms with Crippen molar-refractivity contribution in [3.63, 3.8) is 0 Å². The van der Waals surface area contributed by atoms with Crippen LogP contribution in [0.15, 0.2) is 24.3 Å². The predicted octanol–water partition coefficient (Wildman–Crippen LogP) is 2.92. The van der Waals surface area contributed by atoms with Gasteiger partial charge in [0, 0.05) is 30.1 Å². The predicted molar refractivity (Wildman–Crippen MR) is 120 cm³/mol. The number of hydrogen-bond donors (Lipinski definition) is 2. The van der Waals surface area contributed by atoms with Gasteiger partial charge in [-0.2, -0.15) is 0 Å². The minimum absolute atomic E-state index is 0.0497. The fraction of sp³-hybridized carbons (Fsp3) is 0.583. The summed E-state index contributed by atoms with van der Waals surface area (Å²) in [6, 6.07) is 8.57. The summed E-state index contributed by atoms with van der Waals surface area (Å²) in [5.41, 5.74) is 4.32. The summed E-state index contributed by atoms with van der Waals surface area (Å²) < 4.78 is 23.1. The highest BCUT2D eigenvalue weighted by Crippen LogP contribution is 2.30. The number of aliphatic hydroxyl groups is 2. The lowest BCUT2D eigenvalue weighted by Gasteiger charge is -2.36. The van der Waals surface area contributed by atoms with Gasteiger partial charge in [-0.1, -0.05) is 31.2 Å². The first-order chi connectivity index (χ1) is 15.7. The van der Waals surface area contributed by atoms with Gasteiger partial charge in [0.1, 0.15) is 18.8 Å². The van der Waals surface area contributed by atoms with Gasteiger partial charge in [0.05, 0.1) is 13.2 Å². The molecule has 0 spiro atoms. The molecule has 9 nitrogen and oxygen atoms in total. The molecule has 4 atom stereocenters. The standard InChI is InChI=1S/C24H34N2O7/c1-6-16-7-9-17(10-8-16)11-18-15(4)26(14(2)3)25-23(18)33-21-12-19(27)22(28)20(32-21)13-31-24(29)30-5/h7-10,14,19-22,27-28H,6,11-13H2,1-5H3/t19-,20-,21+,22+/m1/s1. The molecule has 0 amide bonds. The Kier molecular flexibility index (Phi) is 8.34. The van der Waals surface area contributed by atoms with Gasteiger partial charge in [0.15, 0.2) is 0 Å². The molecule has 0 bridgehead atoms. The fourth-order valence-electron chi connectivity index (χ4n) is 3.89. The molecular formula is C24H34N2O7. The molecule has 1 aliphatic heterocycles. The van der Waals surface area contributed by atoms with E-state index < -0.39 is 30.8 Å². The number of carbonyl (C=O) groups is 1. The van der Waals surface area contributed by atoms with Crippen LogP contribution in [0.25, 0.3) is 0 Å². The maximum absolute atomic E-state index is 11.3. The van der Waals surface area contributed by atoms with Crippen molar-refractivity contribution >= 4 is 6.16 Å². The molecule has 182 valence electrons. The molecule has 2 heterocycles. The maximum Gasteiger partial charge on any atom is 0.508 e. The van der Waals surface area contributed by atoms with E-state index >= 15 is 0 Å². The van der Waals surface area contributed by atoms with Gasteiger partial charge in [-0.15, -0.1) is 5.10 Å². The van der Waals surface area contributed by atoms with Crippen LogP contribution in [0.2, 0.25) is 0 Å². The molecule has 1 aromatic carbocycles. The molecule has 2 N–H and O–H groups in total. The van der Waals surface area contributed by atoms with Gasteiger partial charge >= 0.3 is 6.16 Å². The number of ether oxygens (including phenoxy) is 4. The molecule has 1 aliphatic rings. The molecule has 0 unspecified atom stereocenters. The van der Waals surface area contributed by atoms with Gasteiger partial charge in [0.2, 0.25) is 12.2 Å². The summed E-state index contributed by atoms with van der Waals surface area (Å²) in [4.78, 5) is 11.3. The van der Waals surface area contributed by atoms with Gasteiger partial charge in [0.25, 0.3) is 0 Å². The minimum atomic E-state index is -1.22. The fourth-order valence-corrected chi connectivity index (χ4v) is 3.89. The summed E-state index contributed by atoms with van der Waals surface area (Å²) in [7, 11) is 1.19. The average Bonchev–Trinajstić information content (AvgIpc) is 3.10. The van der Waals surface area contributed by atoms with E-state index in [9.17, 15) is 15.0 Å². The van der Waals surface area contributed by atoms with E-state index in [0.717, 1.165) is 23.2 Å². The number of aromatic nitrogens is 2. The lowest BCUT2D eigenvalue weighted by atomic mass is 10.0. The Morgan fingerprint density at radius 1 is 1.24 bits per heavy atom. The molecule has 0 saturated carbocycles. The third-order valence-corrected chi connectivity index (χ3v) is 5.85. The van der Waals surface area contributed by atoms with Crippen LogP contribution >= 0.6 is 0 Å². The average molecular weight is 463 g/mol. The molecule has 2 aromatic rings. The van der Waals surface area contributed by atoms with Crippen molar-refractivity contribution in [3.8, 4) is 5.88 Å². The van der Waals surface area contributed by atoms with Gasteiger partial charge in [-0.25, -0.2) is 4.79 Å². The Balaban J connectivity index is 1.80. The molecule has 1 aromatic heterocycles. The first-order valence-electron chi connectivity index (χ1n) is 11.3. The van der Waals surface area contributed by atoms with Crippen molar-refractivity contribution in [1.82, 2.24) is 9.78 Å². The van der Waals surface area contributed by atoms with Gasteiger partial charge in [-0.05, 0) is 38.3 Å². The number of nitrogens with zero attached hydrogens (tertiary/aromatic N) is 2. The summed E-state index contributed by atoms with van der Waals surface area (Å²) in [6.45, 7) is 7.93. The number of carbonyl (C=O) groups excluding carboxylic acids is 1. The quantitative estimate of drug-likeness (QED) is 0.576. The highest BCUT2D eigenvalue weighted by atomic mass is 16.7. The summed E-state index contributed by atoms with van der Waals surface area (Å²) in [6.07, 6.45) is -3.39. The largest absolute Gasteiger partial charge is 0.508 e. The van der Waals surface area contributed by atoms with E-state index in [4.69, 9.17) is 14.2 Å². The minimum Gasteiger partial charge on any atom is -0.446 e. The topological polar surface area (TPSA) is 112 Å². The number of hydrogen-bond acceptors (Lipinski definition) is 8. The Morgan fingerprint density at radius 2 is 1.91 bits per heavy atom. The number of rotatable bonds is 8. The second kappa shape index (κ2) is 11.0. The number of benzene rings is 1. The van der Waals surface area contributed by atoms with E-state index in [0.29, 0.717) is 12.3 Å². The van der Waals surface area contributed by atoms with E-state index in [-0.39, 0.29) is 19.1 Å². The SMILES string of the molecule is CCc1ccc(Cc2c(O[C@H]3C[C@@H](O)[C@H](O)[C@@H](COC(=O)OC)O3)nn(C(C)C)c2C)cc1. The molecule has 33 heavy (non-hydrogen) atoms. The zero-order valence-corrected chi connectivity index (χ0v) is 19.9. The summed E-state index contributed by atoms with van der Waals surface area (Å²) in [5.74, 6) is 0.419. The molecule has 0 aliphatic carbocycles. The molecular weight excluding hydrogens is 428 g/mol. The van der Waals surface area contributed by atoms with Crippen molar-refractivity contribution in [2.75, 3.05) is 13.7 Å². The normalized spacial score (nSPS) is 22.9. The van der Waals surface area contributed by atoms with Crippen LogP contribution < -0.4 is 4.74 Å². The van der Waals surface area contributed by atoms with Crippen LogP contribution in [0, 0.1) is 6.92 Å². The Hall–Kier alpha value is -2.62. The van der Waals surface area contributed by atoms with Gasteiger partial charge in [-0.3, -0.25) is 4.68 Å². The van der Waals surface area contributed by atoms with Crippen molar-refractivity contribution < 1.29 is 34.0 Å². The molecule has 3 rings (SSSR count). The summed E-state index contributed by atoms with van der Waals surface area (Å²) >= 11 is 0. The van der Waals surface area contributed by atoms with Crippen LogP contribution in [0.4, 0.5) is 4.79 Å². The third kappa shape index (κ3) is 6.04. The monoisotopic (exact) mass is 462 g/mol. The van der Waals surface area contributed by atoms with E-state index in [2.05, 4.69) is 41.0 Å². The van der Waals surface area contributed by atoms with Crippen LogP contribution in [-0.4, -0.2) is 64.5 Å². The van der Waals surface area contributed by atoms with Crippen LogP contribution in [0.3, 0.4) is 0 Å². The first kappa shape index (κ1) is 25.0. The van der Waals surface area contributed by atoms with Crippen molar-refractivity contribution in [2.24, 2.45) is 0 Å². The summed E-state index contributed by atoms with van der Waals surface area (Å²) in [5, 5.41) is 25.2. The zero-order chi connectivity index (χ0) is 24.1. The van der Waals surface area contributed by atoms with Crippen LogP contribution in [-0.2, 0) is 27.1 Å². The first-order valence-corrected chi connectivity index (χ1v) is 11.3. The highest BCUT2D eigenvalue weighted by Gasteiger charge is 2.39. The lowest BCUT2D eigenvalue weighted by Crippen LogP contribution is -2.51. The Morgan fingerprint density at radius 3 is 2.52 bits per heavy atom. The number of aliphatic hydroxyl groups excluding tert-OH is 2. The third-order valence-electron chi connectivity index (χ3n) is 5.85. The van der Waals surface area contributed by atoms with Crippen molar-refractivity contribution in [2.45, 2.75) is 77.6 Å². The van der Waals surface area contributed by atoms with E-state index in [1.54, 1.807) is 0 Å². The van der Waals surface area contributed by atoms with Crippen molar-refractivity contribution in [3.05, 3.63) is 46.6 Å².